The minimum absolute atomic E-state index is 0.109. The number of nitrogens with zero attached hydrogens (tertiary/aromatic N) is 1. The number of likely N-dealkylation sites (tertiary alicyclic amines) is 1. The molecular formula is C23H29F3N2O2S. The quantitative estimate of drug-likeness (QED) is 0.674. The molecule has 0 spiro atoms. The van der Waals surface area contributed by atoms with E-state index in [0.29, 0.717) is 30.1 Å². The van der Waals surface area contributed by atoms with Gasteiger partial charge in [-0.15, -0.1) is 0 Å². The van der Waals surface area contributed by atoms with Crippen LogP contribution in [0.4, 0.5) is 18.9 Å². The zero-order valence-corrected chi connectivity index (χ0v) is 18.9. The summed E-state index contributed by atoms with van der Waals surface area (Å²) in [6.45, 7) is 6.74. The molecule has 1 N–H and O–H groups in total. The van der Waals surface area contributed by atoms with Crippen molar-refractivity contribution in [2.24, 2.45) is 5.92 Å². The highest BCUT2D eigenvalue weighted by molar-refractivity contribution is 7.92. The minimum atomic E-state index is -4.32. The molecule has 1 aliphatic rings. The first-order chi connectivity index (χ1) is 14.4. The van der Waals surface area contributed by atoms with Crippen LogP contribution in [-0.4, -0.2) is 39.2 Å². The highest BCUT2D eigenvalue weighted by Gasteiger charge is 2.38. The lowest BCUT2D eigenvalue weighted by Crippen LogP contribution is -2.47. The maximum absolute atomic E-state index is 12.9. The smallest absolute Gasteiger partial charge is 0.303 e. The van der Waals surface area contributed by atoms with Crippen molar-refractivity contribution in [3.63, 3.8) is 0 Å². The maximum Gasteiger partial charge on any atom is 0.416 e. The number of hydrogen-bond acceptors (Lipinski definition) is 3. The Morgan fingerprint density at radius 3 is 2.52 bits per heavy atom. The Morgan fingerprint density at radius 2 is 1.87 bits per heavy atom. The third-order valence-corrected chi connectivity index (χ3v) is 6.97. The van der Waals surface area contributed by atoms with Crippen LogP contribution in [0.15, 0.2) is 48.5 Å². The van der Waals surface area contributed by atoms with Gasteiger partial charge < -0.3 is 4.90 Å². The third kappa shape index (κ3) is 6.01. The second-order valence-corrected chi connectivity index (χ2v) is 10.5. The molecule has 2 atom stereocenters. The number of piperidine rings is 1. The van der Waals surface area contributed by atoms with Crippen molar-refractivity contribution in [2.45, 2.75) is 38.3 Å². The van der Waals surface area contributed by atoms with E-state index < -0.39 is 21.8 Å². The molecule has 1 saturated heterocycles. The van der Waals surface area contributed by atoms with Gasteiger partial charge in [0.1, 0.15) is 0 Å². The molecule has 3 rings (SSSR count). The minimum Gasteiger partial charge on any atom is -0.303 e. The molecule has 4 nitrogen and oxygen atoms in total. The molecule has 0 aliphatic carbocycles. The van der Waals surface area contributed by atoms with Gasteiger partial charge >= 0.3 is 6.18 Å². The number of sulfonamides is 1. The molecule has 1 heterocycles. The van der Waals surface area contributed by atoms with Crippen LogP contribution < -0.4 is 4.72 Å². The van der Waals surface area contributed by atoms with Crippen LogP contribution in [0.2, 0.25) is 0 Å². The predicted octanol–water partition coefficient (Wildman–Crippen LogP) is 4.92. The van der Waals surface area contributed by atoms with Crippen LogP contribution in [0.1, 0.15) is 37.0 Å². The molecule has 0 amide bonds. The first-order valence-corrected chi connectivity index (χ1v) is 12.2. The fraction of sp³-hybridized carbons (Fsp3) is 0.478. The van der Waals surface area contributed by atoms with Crippen molar-refractivity contribution in [1.82, 2.24) is 4.90 Å². The monoisotopic (exact) mass is 454 g/mol. The predicted molar refractivity (Wildman–Crippen MR) is 118 cm³/mol. The Hall–Kier alpha value is -2.06. The molecule has 0 aromatic heterocycles. The normalized spacial score (nSPS) is 23.0. The van der Waals surface area contributed by atoms with Crippen LogP contribution >= 0.6 is 0 Å². The van der Waals surface area contributed by atoms with Gasteiger partial charge in [-0.05, 0) is 60.0 Å². The number of nitrogens with one attached hydrogen (secondary N) is 1. The number of anilines is 1. The molecule has 0 saturated carbocycles. The molecule has 0 radical (unpaired) electrons. The zero-order chi connectivity index (χ0) is 22.9. The van der Waals surface area contributed by atoms with Crippen molar-refractivity contribution in [2.75, 3.05) is 30.6 Å². The molecule has 0 bridgehead atoms. The van der Waals surface area contributed by atoms with E-state index in [1.165, 1.54) is 12.1 Å². The molecule has 1 aliphatic heterocycles. The summed E-state index contributed by atoms with van der Waals surface area (Å²) in [5.41, 5.74) is 1.62. The molecular weight excluding hydrogens is 425 g/mol. The second-order valence-electron chi connectivity index (χ2n) is 8.77. The third-order valence-electron chi connectivity index (χ3n) is 6.36. The van der Waals surface area contributed by atoms with Gasteiger partial charge in [0.25, 0.3) is 0 Å². The molecule has 1 fully saturated rings. The number of alkyl halides is 3. The van der Waals surface area contributed by atoms with Crippen molar-refractivity contribution in [1.29, 1.82) is 0 Å². The first kappa shape index (κ1) is 23.6. The maximum atomic E-state index is 12.9. The molecule has 8 heteroatoms. The Balaban J connectivity index is 1.65. The summed E-state index contributed by atoms with van der Waals surface area (Å²) in [6, 6.07) is 13.1. The average molecular weight is 455 g/mol. The molecule has 2 aromatic carbocycles. The van der Waals surface area contributed by atoms with Gasteiger partial charge in [0.05, 0.1) is 11.8 Å². The van der Waals surface area contributed by atoms with Crippen molar-refractivity contribution < 1.29 is 21.6 Å². The summed E-state index contributed by atoms with van der Waals surface area (Å²) in [6.07, 6.45) is -1.73. The van der Waals surface area contributed by atoms with Gasteiger partial charge in [0.2, 0.25) is 10.0 Å². The summed E-state index contributed by atoms with van der Waals surface area (Å²) in [4.78, 5) is 2.30. The summed E-state index contributed by atoms with van der Waals surface area (Å²) in [7, 11) is -3.34. The fourth-order valence-corrected chi connectivity index (χ4v) is 4.85. The number of halogens is 3. The summed E-state index contributed by atoms with van der Waals surface area (Å²) in [5.74, 6) is 0.302. The van der Waals surface area contributed by atoms with Crippen molar-refractivity contribution >= 4 is 15.7 Å². The van der Waals surface area contributed by atoms with Gasteiger partial charge in [-0.1, -0.05) is 44.2 Å². The lowest BCUT2D eigenvalue weighted by molar-refractivity contribution is -0.137. The summed E-state index contributed by atoms with van der Waals surface area (Å²) < 4.78 is 64.5. The van der Waals surface area contributed by atoms with Crippen LogP contribution in [0.3, 0.4) is 0 Å². The van der Waals surface area contributed by atoms with Crippen LogP contribution in [0.25, 0.3) is 0 Å². The Morgan fingerprint density at radius 1 is 1.16 bits per heavy atom. The fourth-order valence-electron chi connectivity index (χ4n) is 4.29. The molecule has 31 heavy (non-hydrogen) atoms. The lowest BCUT2D eigenvalue weighted by Gasteiger charge is -2.45. The van der Waals surface area contributed by atoms with Crippen molar-refractivity contribution in [3.8, 4) is 0 Å². The van der Waals surface area contributed by atoms with Crippen molar-refractivity contribution in [3.05, 3.63) is 65.2 Å². The van der Waals surface area contributed by atoms with Crippen LogP contribution in [-0.2, 0) is 28.0 Å². The van der Waals surface area contributed by atoms with Gasteiger partial charge in [-0.25, -0.2) is 8.42 Å². The van der Waals surface area contributed by atoms with E-state index in [0.717, 1.165) is 37.4 Å². The molecule has 170 valence electrons. The van der Waals surface area contributed by atoms with Gasteiger partial charge in [0.15, 0.2) is 0 Å². The highest BCUT2D eigenvalue weighted by Crippen LogP contribution is 2.40. The number of rotatable bonds is 6. The van der Waals surface area contributed by atoms with Gasteiger partial charge in [0, 0.05) is 18.8 Å². The lowest BCUT2D eigenvalue weighted by atomic mass is 9.68. The number of benzene rings is 2. The van der Waals surface area contributed by atoms with Gasteiger partial charge in [-0.3, -0.25) is 4.72 Å². The Kier molecular flexibility index (Phi) is 6.72. The van der Waals surface area contributed by atoms with E-state index >= 15 is 0 Å². The highest BCUT2D eigenvalue weighted by atomic mass is 32.2. The second kappa shape index (κ2) is 8.82. The first-order valence-electron chi connectivity index (χ1n) is 10.3. The van der Waals surface area contributed by atoms with E-state index in [1.807, 2.05) is 18.2 Å². The Bertz CT molecular complexity index is 1020. The van der Waals surface area contributed by atoms with Gasteiger partial charge in [-0.2, -0.15) is 13.2 Å². The number of hydrogen-bond donors (Lipinski definition) is 1. The van der Waals surface area contributed by atoms with E-state index in [1.54, 1.807) is 12.1 Å². The van der Waals surface area contributed by atoms with E-state index in [-0.39, 0.29) is 5.41 Å². The topological polar surface area (TPSA) is 49.4 Å². The van der Waals surface area contributed by atoms with E-state index in [2.05, 4.69) is 23.5 Å². The average Bonchev–Trinajstić information content (AvgIpc) is 2.67. The standard InChI is InChI=1S/C23H29F3N2O2S/c1-17-16-28(12-10-18-6-4-8-20(14-18)23(24,25)26)13-11-22(17,2)19-7-5-9-21(15-19)27-31(3,29)30/h4-9,14-15,17,27H,10-13,16H2,1-3H3. The summed E-state index contributed by atoms with van der Waals surface area (Å²) >= 11 is 0. The Labute approximate surface area is 182 Å². The SMILES string of the molecule is CC1CN(CCc2cccc(C(F)(F)F)c2)CCC1(C)c1cccc(NS(C)(=O)=O)c1. The van der Waals surface area contributed by atoms with E-state index in [4.69, 9.17) is 0 Å². The molecule has 2 aromatic rings. The van der Waals surface area contributed by atoms with Crippen LogP contribution in [0.5, 0.6) is 0 Å². The molecule has 2 unspecified atom stereocenters. The van der Waals surface area contributed by atoms with E-state index in [9.17, 15) is 21.6 Å². The van der Waals surface area contributed by atoms with Crippen LogP contribution in [0, 0.1) is 5.92 Å². The summed E-state index contributed by atoms with van der Waals surface area (Å²) in [5, 5.41) is 0. The zero-order valence-electron chi connectivity index (χ0n) is 18.0. The largest absolute Gasteiger partial charge is 0.416 e.